The van der Waals surface area contributed by atoms with Crippen LogP contribution in [-0.2, 0) is 14.4 Å². The van der Waals surface area contributed by atoms with E-state index in [4.69, 9.17) is 0 Å². The number of hydrogen-bond donors (Lipinski definition) is 5. The number of rotatable bonds is 17. The van der Waals surface area contributed by atoms with Crippen molar-refractivity contribution in [2.24, 2.45) is 5.41 Å². The number of nitrogens with one attached hydrogen (secondary N) is 4. The van der Waals surface area contributed by atoms with Crippen molar-refractivity contribution in [2.75, 3.05) is 64.3 Å². The van der Waals surface area contributed by atoms with Crippen molar-refractivity contribution >= 4 is 53.2 Å². The number of nitrogens with zero attached hydrogens (tertiary/aromatic N) is 5. The number of anilines is 1. The van der Waals surface area contributed by atoms with Gasteiger partial charge in [-0.15, -0.1) is 23.7 Å². The van der Waals surface area contributed by atoms with Gasteiger partial charge < -0.3 is 36.2 Å². The number of likely N-dealkylation sites (N-methyl/N-ethyl adjacent to an activating group) is 1. The minimum absolute atomic E-state index is 0. The molecule has 58 heavy (non-hydrogen) atoms. The molecule has 16 heteroatoms. The van der Waals surface area contributed by atoms with E-state index in [1.54, 1.807) is 17.5 Å². The van der Waals surface area contributed by atoms with E-state index in [0.29, 0.717) is 31.4 Å². The zero-order valence-electron chi connectivity index (χ0n) is 34.8. The number of likely N-dealkylation sites (tertiary alicyclic amines) is 1. The summed E-state index contributed by atoms with van der Waals surface area (Å²) in [7, 11) is 1.96. The highest BCUT2D eigenvalue weighted by molar-refractivity contribution is 7.13. The first-order valence-corrected chi connectivity index (χ1v) is 21.1. The first-order chi connectivity index (χ1) is 27.2. The van der Waals surface area contributed by atoms with E-state index in [2.05, 4.69) is 41.0 Å². The van der Waals surface area contributed by atoms with E-state index in [-0.39, 0.29) is 55.6 Å². The Labute approximate surface area is 353 Å². The number of benzene rings is 1. The van der Waals surface area contributed by atoms with E-state index in [1.807, 2.05) is 83.6 Å². The van der Waals surface area contributed by atoms with E-state index in [0.717, 1.165) is 66.8 Å². The molecule has 2 fully saturated rings. The average molecular weight is 841 g/mol. The molecule has 4 heterocycles. The number of carbonyl (C=O) groups is 4. The SMILES string of the molecule is CNCCN1CCN(c2ccc(C(=O)NCCCCCC(=O)N[C@H](C(=O)N3C[C@H](O)C[C@H]3C(=O)N[C@@H](C)c3ccc(-c4scnc4C)cc3)C(C)(C)C)cn2)CC1.Cl. The van der Waals surface area contributed by atoms with Gasteiger partial charge in [-0.2, -0.15) is 0 Å². The van der Waals surface area contributed by atoms with Gasteiger partial charge in [0.2, 0.25) is 17.7 Å². The van der Waals surface area contributed by atoms with Crippen molar-refractivity contribution < 1.29 is 24.3 Å². The van der Waals surface area contributed by atoms with E-state index in [9.17, 15) is 24.3 Å². The minimum atomic E-state index is -0.891. The van der Waals surface area contributed by atoms with Crippen LogP contribution in [0.15, 0.2) is 48.1 Å². The Morgan fingerprint density at radius 1 is 0.948 bits per heavy atom. The lowest BCUT2D eigenvalue weighted by Crippen LogP contribution is -2.57. The Kier molecular flexibility index (Phi) is 17.4. The van der Waals surface area contributed by atoms with Crippen LogP contribution in [-0.4, -0.2) is 126 Å². The molecule has 5 N–H and O–H groups in total. The normalized spacial score (nSPS) is 18.3. The summed E-state index contributed by atoms with van der Waals surface area (Å²) in [6.45, 7) is 15.7. The standard InChI is InChI=1S/C42H61N9O5S.ClH/c1-28(30-11-13-31(14-12-30)37-29(2)46-27-57-37)47-40(55)34-24-33(52)26-51(34)41(56)38(42(3,4)5)48-36(53)10-8-7-9-17-44-39(54)32-15-16-35(45-25-32)50-22-20-49(21-23-50)19-18-43-6;/h11-16,25,27-28,33-34,38,43,52H,7-10,17-24,26H2,1-6H3,(H,44,54)(H,47,55)(H,48,53);1H/t28-,33+,34-,38+;/m0./s1. The lowest BCUT2D eigenvalue weighted by atomic mass is 9.85. The fourth-order valence-corrected chi connectivity index (χ4v) is 8.13. The molecule has 0 spiro atoms. The number of hydrogen-bond acceptors (Lipinski definition) is 11. The van der Waals surface area contributed by atoms with Crippen LogP contribution >= 0.6 is 23.7 Å². The molecule has 5 rings (SSSR count). The number of amides is 4. The maximum absolute atomic E-state index is 14.0. The van der Waals surface area contributed by atoms with Crippen LogP contribution in [0.3, 0.4) is 0 Å². The second-order valence-corrected chi connectivity index (χ2v) is 17.1. The topological polar surface area (TPSA) is 172 Å². The fourth-order valence-electron chi connectivity index (χ4n) is 7.32. The van der Waals surface area contributed by atoms with Crippen molar-refractivity contribution in [1.82, 2.24) is 41.0 Å². The highest BCUT2D eigenvalue weighted by atomic mass is 35.5. The molecule has 1 aromatic carbocycles. The van der Waals surface area contributed by atoms with Crippen LogP contribution in [0.1, 0.15) is 87.5 Å². The van der Waals surface area contributed by atoms with Crippen LogP contribution in [0, 0.1) is 12.3 Å². The summed E-state index contributed by atoms with van der Waals surface area (Å²) in [6, 6.07) is 9.59. The van der Waals surface area contributed by atoms with E-state index < -0.39 is 29.5 Å². The number of thiazole rings is 1. The number of β-amino-alcohol motifs (C(OH)–C–C–N with tert-alkyl or cyclic N) is 1. The van der Waals surface area contributed by atoms with Gasteiger partial charge in [0.25, 0.3) is 5.91 Å². The van der Waals surface area contributed by atoms with Crippen molar-refractivity contribution in [3.63, 3.8) is 0 Å². The van der Waals surface area contributed by atoms with Gasteiger partial charge >= 0.3 is 0 Å². The third kappa shape index (κ3) is 12.7. The second kappa shape index (κ2) is 21.7. The predicted octanol–water partition coefficient (Wildman–Crippen LogP) is 3.94. The quantitative estimate of drug-likeness (QED) is 0.126. The van der Waals surface area contributed by atoms with Gasteiger partial charge in [0.1, 0.15) is 17.9 Å². The fraction of sp³-hybridized carbons (Fsp3) is 0.571. The van der Waals surface area contributed by atoms with Gasteiger partial charge in [-0.3, -0.25) is 24.1 Å². The lowest BCUT2D eigenvalue weighted by Gasteiger charge is -2.35. The smallest absolute Gasteiger partial charge is 0.252 e. The van der Waals surface area contributed by atoms with Crippen molar-refractivity contribution in [3.8, 4) is 10.4 Å². The summed E-state index contributed by atoms with van der Waals surface area (Å²) in [6.07, 6.45) is 3.10. The van der Waals surface area contributed by atoms with E-state index in [1.165, 1.54) is 4.90 Å². The van der Waals surface area contributed by atoms with Gasteiger partial charge in [0, 0.05) is 71.4 Å². The number of pyridine rings is 1. The first kappa shape index (κ1) is 46.5. The van der Waals surface area contributed by atoms with E-state index >= 15 is 0 Å². The zero-order valence-corrected chi connectivity index (χ0v) is 36.4. The number of aliphatic hydroxyl groups excluding tert-OH is 1. The average Bonchev–Trinajstić information content (AvgIpc) is 3.82. The van der Waals surface area contributed by atoms with Gasteiger partial charge in [0.15, 0.2) is 0 Å². The summed E-state index contributed by atoms with van der Waals surface area (Å²) in [5.74, 6) is -0.302. The molecule has 0 saturated carbocycles. The largest absolute Gasteiger partial charge is 0.391 e. The molecule has 0 unspecified atom stereocenters. The number of piperazine rings is 1. The highest BCUT2D eigenvalue weighted by Crippen LogP contribution is 2.30. The summed E-state index contributed by atoms with van der Waals surface area (Å²) in [4.78, 5) is 69.6. The van der Waals surface area contributed by atoms with Crippen LogP contribution in [0.4, 0.5) is 5.82 Å². The van der Waals surface area contributed by atoms with Crippen molar-refractivity contribution in [2.45, 2.75) is 91.0 Å². The number of aryl methyl sites for hydroxylation is 1. The number of aromatic nitrogens is 2. The molecule has 2 aliphatic heterocycles. The monoisotopic (exact) mass is 839 g/mol. The van der Waals surface area contributed by atoms with Crippen LogP contribution in [0.5, 0.6) is 0 Å². The zero-order chi connectivity index (χ0) is 41.1. The molecule has 0 aliphatic carbocycles. The Hall–Kier alpha value is -4.15. The molecule has 2 aromatic heterocycles. The molecule has 4 amide bonds. The van der Waals surface area contributed by atoms with Gasteiger partial charge in [0.05, 0.1) is 33.8 Å². The van der Waals surface area contributed by atoms with Crippen LogP contribution in [0.25, 0.3) is 10.4 Å². The summed E-state index contributed by atoms with van der Waals surface area (Å²) in [5.41, 5.74) is 4.63. The molecule has 0 bridgehead atoms. The number of carbonyl (C=O) groups excluding carboxylic acids is 4. The third-order valence-electron chi connectivity index (χ3n) is 10.8. The summed E-state index contributed by atoms with van der Waals surface area (Å²) < 4.78 is 0. The molecule has 4 atom stereocenters. The number of aliphatic hydroxyl groups is 1. The molecule has 2 aliphatic rings. The predicted molar refractivity (Wildman–Crippen MR) is 231 cm³/mol. The Bertz CT molecular complexity index is 1800. The minimum Gasteiger partial charge on any atom is -0.391 e. The van der Waals surface area contributed by atoms with Crippen LogP contribution in [0.2, 0.25) is 0 Å². The summed E-state index contributed by atoms with van der Waals surface area (Å²) in [5, 5.41) is 22.7. The third-order valence-corrected chi connectivity index (χ3v) is 11.8. The van der Waals surface area contributed by atoms with Crippen molar-refractivity contribution in [1.29, 1.82) is 0 Å². The number of unbranched alkanes of at least 4 members (excludes halogenated alkanes) is 2. The molecule has 14 nitrogen and oxygen atoms in total. The molecular weight excluding hydrogens is 778 g/mol. The molecule has 0 radical (unpaired) electrons. The Balaban J connectivity index is 0.00000744. The van der Waals surface area contributed by atoms with Gasteiger partial charge in [-0.1, -0.05) is 51.5 Å². The summed E-state index contributed by atoms with van der Waals surface area (Å²) >= 11 is 1.58. The maximum atomic E-state index is 14.0. The van der Waals surface area contributed by atoms with Crippen LogP contribution < -0.4 is 26.2 Å². The molecule has 3 aromatic rings. The number of halogens is 1. The Morgan fingerprint density at radius 3 is 2.29 bits per heavy atom. The first-order valence-electron chi connectivity index (χ1n) is 20.2. The van der Waals surface area contributed by atoms with Crippen molar-refractivity contribution in [3.05, 3.63) is 64.9 Å². The molecule has 2 saturated heterocycles. The highest BCUT2D eigenvalue weighted by Gasteiger charge is 2.44. The second-order valence-electron chi connectivity index (χ2n) is 16.3. The molecular formula is C42H62ClN9O5S. The lowest BCUT2D eigenvalue weighted by molar-refractivity contribution is -0.144. The van der Waals surface area contributed by atoms with Gasteiger partial charge in [-0.05, 0) is 62.4 Å². The molecule has 318 valence electrons. The maximum Gasteiger partial charge on any atom is 0.252 e. The Morgan fingerprint density at radius 2 is 1.67 bits per heavy atom. The van der Waals surface area contributed by atoms with Gasteiger partial charge in [-0.25, -0.2) is 9.97 Å².